The Morgan fingerprint density at radius 1 is 0.542 bits per heavy atom. The fourth-order valence-electron chi connectivity index (χ4n) is 4.58. The molecule has 0 atom stereocenters. The number of ketones is 2. The van der Waals surface area contributed by atoms with Crippen molar-refractivity contribution >= 4 is 76.4 Å². The average Bonchev–Trinajstić information content (AvgIpc) is 3.05. The lowest BCUT2D eigenvalue weighted by Crippen LogP contribution is -2.51. The summed E-state index contributed by atoms with van der Waals surface area (Å²) in [6.07, 6.45) is 3.45. The molecule has 0 aromatic heterocycles. The minimum atomic E-state index is -0.728. The van der Waals surface area contributed by atoms with Gasteiger partial charge in [-0.3, -0.25) is 29.8 Å². The van der Waals surface area contributed by atoms with E-state index in [9.17, 15) is 19.2 Å². The van der Waals surface area contributed by atoms with Gasteiger partial charge in [0.25, 0.3) is 11.8 Å². The summed E-state index contributed by atoms with van der Waals surface area (Å²) in [7, 11) is 0. The van der Waals surface area contributed by atoms with Gasteiger partial charge < -0.3 is 0 Å². The smallest absolute Gasteiger partial charge is 0.264 e. The van der Waals surface area contributed by atoms with E-state index in [2.05, 4.69) is 10.6 Å². The van der Waals surface area contributed by atoms with Gasteiger partial charge in [0.1, 0.15) is 5.57 Å². The van der Waals surface area contributed by atoms with Crippen LogP contribution in [0.1, 0.15) is 54.1 Å². The maximum Gasteiger partial charge on any atom is 0.264 e. The molecule has 1 fully saturated rings. The van der Waals surface area contributed by atoms with E-state index in [0.29, 0.717) is 11.1 Å². The van der Waals surface area contributed by atoms with Gasteiger partial charge in [0.2, 0.25) is 0 Å². The van der Waals surface area contributed by atoms with Crippen molar-refractivity contribution in [2.75, 3.05) is 0 Å². The molecule has 9 heteroatoms. The van der Waals surface area contributed by atoms with Crippen molar-refractivity contribution in [2.24, 2.45) is 0 Å². The van der Waals surface area contributed by atoms with Gasteiger partial charge in [-0.05, 0) is 63.2 Å². The Labute approximate surface area is 293 Å². The number of carbonyl (C=O) groups is 4. The largest absolute Gasteiger partial charge is 0.298 e. The molecule has 0 aliphatic carbocycles. The van der Waals surface area contributed by atoms with Crippen LogP contribution in [-0.4, -0.2) is 28.5 Å². The van der Waals surface area contributed by atoms with E-state index in [-0.39, 0.29) is 36.3 Å². The van der Waals surface area contributed by atoms with Crippen molar-refractivity contribution < 1.29 is 19.2 Å². The molecule has 4 aromatic carbocycles. The number of carbonyl (C=O) groups excluding carboxylic acids is 4. The summed E-state index contributed by atoms with van der Waals surface area (Å²) in [6.45, 7) is 7.81. The number of Topliss-reactive ketones (excluding diaryl/α,β-unsaturated/α-hetero) is 2. The second kappa shape index (κ2) is 15.4. The Kier molecular flexibility index (Phi) is 11.1. The number of allylic oxidation sites excluding steroid dienone is 2. The molecule has 1 aliphatic rings. The highest BCUT2D eigenvalue weighted by Crippen LogP contribution is 2.44. The standard InChI is InChI=1S/C39H32N2O4S3/c1-23-5-13-27(14-6-23)21-31(34(42)29-17-9-25(3)10-18-29)47-38(33-36(44)40-39(46)41-37(33)45)48-32(22-28-15-7-24(2)8-16-28)35(43)30-19-11-26(4)12-20-30/h5-22H,1-4H3,(H2,40,41,44,45,46)/b31-21+,32-22+. The molecular formula is C39H32N2O4S3. The average molecular weight is 689 g/mol. The topological polar surface area (TPSA) is 92.3 Å². The van der Waals surface area contributed by atoms with Crippen molar-refractivity contribution in [1.82, 2.24) is 10.6 Å². The third-order valence-corrected chi connectivity index (χ3v) is 9.87. The third-order valence-electron chi connectivity index (χ3n) is 7.34. The van der Waals surface area contributed by atoms with Crippen LogP contribution in [0.25, 0.3) is 12.2 Å². The van der Waals surface area contributed by atoms with Crippen LogP contribution >= 0.6 is 35.7 Å². The molecule has 0 spiro atoms. The monoisotopic (exact) mass is 688 g/mol. The number of aryl methyl sites for hydroxylation is 4. The Morgan fingerprint density at radius 3 is 1.19 bits per heavy atom. The first-order valence-electron chi connectivity index (χ1n) is 15.0. The Balaban J connectivity index is 1.68. The molecule has 1 saturated heterocycles. The Hall–Kier alpha value is -4.83. The van der Waals surface area contributed by atoms with E-state index in [1.165, 1.54) is 0 Å². The van der Waals surface area contributed by atoms with Crippen LogP contribution in [0.2, 0.25) is 0 Å². The number of benzene rings is 4. The second-order valence-corrected chi connectivity index (χ2v) is 14.1. The zero-order valence-electron chi connectivity index (χ0n) is 26.8. The van der Waals surface area contributed by atoms with Gasteiger partial charge in [0.05, 0.1) is 14.0 Å². The molecular weight excluding hydrogens is 657 g/mol. The lowest BCUT2D eigenvalue weighted by molar-refractivity contribution is -0.123. The molecule has 2 amide bonds. The molecule has 240 valence electrons. The summed E-state index contributed by atoms with van der Waals surface area (Å²) in [5.41, 5.74) is 6.22. The van der Waals surface area contributed by atoms with Crippen LogP contribution in [0.4, 0.5) is 0 Å². The minimum absolute atomic E-state index is 0.125. The van der Waals surface area contributed by atoms with Gasteiger partial charge in [0, 0.05) is 11.1 Å². The lowest BCUT2D eigenvalue weighted by Gasteiger charge is -2.21. The summed E-state index contributed by atoms with van der Waals surface area (Å²) >= 11 is 7.00. The summed E-state index contributed by atoms with van der Waals surface area (Å²) in [5, 5.41) is 4.88. The summed E-state index contributed by atoms with van der Waals surface area (Å²) in [4.78, 5) is 55.6. The molecule has 5 rings (SSSR count). The number of amides is 2. The van der Waals surface area contributed by atoms with E-state index >= 15 is 0 Å². The predicted molar refractivity (Wildman–Crippen MR) is 200 cm³/mol. The maximum atomic E-state index is 14.1. The summed E-state index contributed by atoms with van der Waals surface area (Å²) in [6, 6.07) is 29.6. The van der Waals surface area contributed by atoms with Crippen LogP contribution in [0.5, 0.6) is 0 Å². The predicted octanol–water partition coefficient (Wildman–Crippen LogP) is 8.28. The number of thioether (sulfide) groups is 2. The fourth-order valence-corrected chi connectivity index (χ4v) is 7.26. The first-order valence-corrected chi connectivity index (χ1v) is 17.1. The number of rotatable bonds is 10. The van der Waals surface area contributed by atoms with Gasteiger partial charge in [-0.25, -0.2) is 0 Å². The fraction of sp³-hybridized carbons (Fsp3) is 0.103. The van der Waals surface area contributed by atoms with Crippen LogP contribution in [0.15, 0.2) is 117 Å². The van der Waals surface area contributed by atoms with Gasteiger partial charge in [-0.1, -0.05) is 143 Å². The van der Waals surface area contributed by atoms with Crippen molar-refractivity contribution in [2.45, 2.75) is 27.7 Å². The van der Waals surface area contributed by atoms with Crippen LogP contribution in [0.3, 0.4) is 0 Å². The van der Waals surface area contributed by atoms with Gasteiger partial charge >= 0.3 is 0 Å². The SMILES string of the molecule is Cc1ccc(/C=C(/SC(S/C(=C/c2ccc(C)cc2)C(=O)c2ccc(C)cc2)=C2C(=O)NC(=S)NC2=O)C(=O)c2ccc(C)cc2)cc1. The van der Waals surface area contributed by atoms with Crippen LogP contribution in [0, 0.1) is 27.7 Å². The molecule has 48 heavy (non-hydrogen) atoms. The summed E-state index contributed by atoms with van der Waals surface area (Å²) in [5.74, 6) is -2.07. The molecule has 0 unspecified atom stereocenters. The highest BCUT2D eigenvalue weighted by atomic mass is 32.2. The van der Waals surface area contributed by atoms with Crippen molar-refractivity contribution in [3.8, 4) is 0 Å². The van der Waals surface area contributed by atoms with Crippen molar-refractivity contribution in [3.63, 3.8) is 0 Å². The molecule has 2 N–H and O–H groups in total. The van der Waals surface area contributed by atoms with Crippen molar-refractivity contribution in [1.29, 1.82) is 0 Å². The molecule has 0 bridgehead atoms. The minimum Gasteiger partial charge on any atom is -0.298 e. The lowest BCUT2D eigenvalue weighted by atomic mass is 10.1. The van der Waals surface area contributed by atoms with Crippen LogP contribution in [-0.2, 0) is 9.59 Å². The van der Waals surface area contributed by atoms with E-state index < -0.39 is 11.8 Å². The van der Waals surface area contributed by atoms with E-state index in [4.69, 9.17) is 12.2 Å². The third kappa shape index (κ3) is 8.74. The Morgan fingerprint density at radius 2 is 0.854 bits per heavy atom. The van der Waals surface area contributed by atoms with Gasteiger partial charge in [0.15, 0.2) is 16.7 Å². The maximum absolute atomic E-state index is 14.1. The van der Waals surface area contributed by atoms with E-state index in [1.54, 1.807) is 36.4 Å². The molecule has 6 nitrogen and oxygen atoms in total. The van der Waals surface area contributed by atoms with E-state index in [1.807, 2.05) is 100 Å². The highest BCUT2D eigenvalue weighted by Gasteiger charge is 2.33. The molecule has 1 aliphatic heterocycles. The number of hydrogen-bond donors (Lipinski definition) is 2. The van der Waals surface area contributed by atoms with Crippen LogP contribution < -0.4 is 10.6 Å². The number of hydrogen-bond acceptors (Lipinski definition) is 7. The molecule has 0 saturated carbocycles. The Bertz CT molecular complexity index is 1860. The molecule has 0 radical (unpaired) electrons. The van der Waals surface area contributed by atoms with Gasteiger partial charge in [-0.2, -0.15) is 0 Å². The zero-order valence-corrected chi connectivity index (χ0v) is 29.2. The second-order valence-electron chi connectivity index (χ2n) is 11.3. The highest BCUT2D eigenvalue weighted by molar-refractivity contribution is 8.26. The first kappa shape index (κ1) is 34.5. The quantitative estimate of drug-likeness (QED) is 0.0750. The zero-order chi connectivity index (χ0) is 34.4. The summed E-state index contributed by atoms with van der Waals surface area (Å²) < 4.78 is 0.144. The van der Waals surface area contributed by atoms with Gasteiger partial charge in [-0.15, -0.1) is 0 Å². The first-order chi connectivity index (χ1) is 23.0. The molecule has 1 heterocycles. The molecule has 4 aromatic rings. The number of thiocarbonyl (C=S) groups is 1. The van der Waals surface area contributed by atoms with E-state index in [0.717, 1.165) is 56.9 Å². The normalized spacial score (nSPS) is 13.6. The van der Waals surface area contributed by atoms with Crippen molar-refractivity contribution in [3.05, 3.63) is 161 Å². The number of nitrogens with one attached hydrogen (secondary N) is 2.